The number of amides is 1. The van der Waals surface area contributed by atoms with Gasteiger partial charge in [-0.05, 0) is 43.5 Å². The van der Waals surface area contributed by atoms with Crippen molar-refractivity contribution in [3.05, 3.63) is 41.9 Å². The van der Waals surface area contributed by atoms with Crippen molar-refractivity contribution in [1.29, 1.82) is 0 Å². The van der Waals surface area contributed by atoms with E-state index in [2.05, 4.69) is 27.1 Å². The van der Waals surface area contributed by atoms with Crippen LogP contribution in [0.3, 0.4) is 0 Å². The molecule has 0 spiro atoms. The summed E-state index contributed by atoms with van der Waals surface area (Å²) in [6, 6.07) is 7.09. The fourth-order valence-corrected chi connectivity index (χ4v) is 2.30. The normalized spacial score (nSPS) is 10.6. The van der Waals surface area contributed by atoms with E-state index in [0.29, 0.717) is 18.0 Å². The SMILES string of the molecule is C=CCCCN(C)C(=NC)NCCCC(=O)Nc1ccc(Cl)cc1.I. The molecule has 1 aromatic rings. The molecule has 25 heavy (non-hydrogen) atoms. The predicted octanol–water partition coefficient (Wildman–Crippen LogP) is 4.15. The third-order valence-corrected chi connectivity index (χ3v) is 3.72. The molecular formula is C18H28ClIN4O. The first-order valence-corrected chi connectivity index (χ1v) is 8.52. The van der Waals surface area contributed by atoms with Crippen LogP contribution in [0.25, 0.3) is 0 Å². The van der Waals surface area contributed by atoms with Crippen molar-refractivity contribution in [2.45, 2.75) is 25.7 Å². The van der Waals surface area contributed by atoms with Gasteiger partial charge in [0.05, 0.1) is 0 Å². The molecule has 0 aliphatic rings. The van der Waals surface area contributed by atoms with Gasteiger partial charge in [-0.2, -0.15) is 0 Å². The van der Waals surface area contributed by atoms with E-state index in [1.807, 2.05) is 13.1 Å². The van der Waals surface area contributed by atoms with Gasteiger partial charge in [0.1, 0.15) is 0 Å². The highest BCUT2D eigenvalue weighted by Gasteiger charge is 2.06. The van der Waals surface area contributed by atoms with Crippen LogP contribution in [-0.2, 0) is 4.79 Å². The van der Waals surface area contributed by atoms with Gasteiger partial charge in [-0.3, -0.25) is 9.79 Å². The molecule has 2 N–H and O–H groups in total. The molecule has 0 saturated carbocycles. The maximum absolute atomic E-state index is 11.9. The first kappa shape index (κ1) is 23.7. The monoisotopic (exact) mass is 478 g/mol. The van der Waals surface area contributed by atoms with Gasteiger partial charge in [0.25, 0.3) is 0 Å². The predicted molar refractivity (Wildman–Crippen MR) is 118 cm³/mol. The van der Waals surface area contributed by atoms with Crippen LogP contribution in [0.2, 0.25) is 5.02 Å². The fourth-order valence-electron chi connectivity index (χ4n) is 2.17. The molecule has 1 aromatic carbocycles. The molecule has 0 radical (unpaired) electrons. The Labute approximate surface area is 172 Å². The van der Waals surface area contributed by atoms with Crippen LogP contribution in [0.4, 0.5) is 5.69 Å². The summed E-state index contributed by atoms with van der Waals surface area (Å²) in [7, 11) is 3.77. The molecule has 0 bridgehead atoms. The first-order valence-electron chi connectivity index (χ1n) is 8.15. The van der Waals surface area contributed by atoms with Crippen LogP contribution >= 0.6 is 35.6 Å². The Morgan fingerprint density at radius 3 is 2.60 bits per heavy atom. The number of unbranched alkanes of at least 4 members (excludes halogenated alkanes) is 1. The summed E-state index contributed by atoms with van der Waals surface area (Å²) in [6.07, 6.45) is 5.14. The number of carbonyl (C=O) groups is 1. The van der Waals surface area contributed by atoms with E-state index < -0.39 is 0 Å². The lowest BCUT2D eigenvalue weighted by Gasteiger charge is -2.21. The van der Waals surface area contributed by atoms with Crippen LogP contribution < -0.4 is 10.6 Å². The molecule has 1 rings (SSSR count). The van der Waals surface area contributed by atoms with Crippen LogP contribution in [0, 0.1) is 0 Å². The van der Waals surface area contributed by atoms with E-state index in [9.17, 15) is 4.79 Å². The Morgan fingerprint density at radius 2 is 2.00 bits per heavy atom. The zero-order valence-corrected chi connectivity index (χ0v) is 18.0. The van der Waals surface area contributed by atoms with Crippen molar-refractivity contribution < 1.29 is 4.79 Å². The van der Waals surface area contributed by atoms with Gasteiger partial charge in [-0.1, -0.05) is 17.7 Å². The lowest BCUT2D eigenvalue weighted by atomic mass is 10.2. The number of guanidine groups is 1. The average molecular weight is 479 g/mol. The molecule has 0 atom stereocenters. The summed E-state index contributed by atoms with van der Waals surface area (Å²) in [5.74, 6) is 0.839. The lowest BCUT2D eigenvalue weighted by Crippen LogP contribution is -2.39. The van der Waals surface area contributed by atoms with Gasteiger partial charge in [-0.15, -0.1) is 30.6 Å². The number of rotatable bonds is 9. The van der Waals surface area contributed by atoms with E-state index in [1.165, 1.54) is 0 Å². The highest BCUT2D eigenvalue weighted by Crippen LogP contribution is 2.13. The minimum atomic E-state index is -0.00607. The Hall–Kier alpha value is -1.28. The highest BCUT2D eigenvalue weighted by atomic mass is 127. The van der Waals surface area contributed by atoms with Crippen molar-refractivity contribution in [2.24, 2.45) is 4.99 Å². The smallest absolute Gasteiger partial charge is 0.224 e. The molecule has 0 unspecified atom stereocenters. The van der Waals surface area contributed by atoms with Gasteiger partial charge >= 0.3 is 0 Å². The van der Waals surface area contributed by atoms with Crippen LogP contribution in [-0.4, -0.2) is 44.0 Å². The van der Waals surface area contributed by atoms with Crippen molar-refractivity contribution in [1.82, 2.24) is 10.2 Å². The second-order valence-electron chi connectivity index (χ2n) is 5.49. The van der Waals surface area contributed by atoms with Crippen molar-refractivity contribution in [2.75, 3.05) is 32.5 Å². The van der Waals surface area contributed by atoms with Crippen molar-refractivity contribution in [3.8, 4) is 0 Å². The van der Waals surface area contributed by atoms with E-state index >= 15 is 0 Å². The number of nitrogens with one attached hydrogen (secondary N) is 2. The second kappa shape index (κ2) is 13.9. The molecule has 0 heterocycles. The molecule has 0 aromatic heterocycles. The van der Waals surface area contributed by atoms with Gasteiger partial charge < -0.3 is 15.5 Å². The molecule has 5 nitrogen and oxygen atoms in total. The molecular weight excluding hydrogens is 451 g/mol. The van der Waals surface area contributed by atoms with Crippen LogP contribution in [0.1, 0.15) is 25.7 Å². The number of halogens is 2. The number of hydrogen-bond acceptors (Lipinski definition) is 2. The number of hydrogen-bond donors (Lipinski definition) is 2. The standard InChI is InChI=1S/C18H27ClN4O.HI/c1-4-5-6-14-23(3)18(20-2)21-13-7-8-17(24)22-16-11-9-15(19)10-12-16;/h4,9-12H,1,5-8,13-14H2,2-3H3,(H,20,21)(H,22,24);1H. The van der Waals surface area contributed by atoms with Gasteiger partial charge in [-0.25, -0.2) is 0 Å². The van der Waals surface area contributed by atoms with E-state index in [-0.39, 0.29) is 29.9 Å². The van der Waals surface area contributed by atoms with E-state index in [0.717, 1.165) is 37.5 Å². The van der Waals surface area contributed by atoms with E-state index in [4.69, 9.17) is 11.6 Å². The molecule has 7 heteroatoms. The lowest BCUT2D eigenvalue weighted by molar-refractivity contribution is -0.116. The number of benzene rings is 1. The van der Waals surface area contributed by atoms with Crippen LogP contribution in [0.15, 0.2) is 41.9 Å². The van der Waals surface area contributed by atoms with Gasteiger partial charge in [0.15, 0.2) is 5.96 Å². The summed E-state index contributed by atoms with van der Waals surface area (Å²) in [4.78, 5) is 18.2. The molecule has 0 aliphatic carbocycles. The number of anilines is 1. The molecule has 1 amide bonds. The van der Waals surface area contributed by atoms with Gasteiger partial charge in [0, 0.05) is 44.3 Å². The minimum absolute atomic E-state index is 0. The minimum Gasteiger partial charge on any atom is -0.356 e. The second-order valence-corrected chi connectivity index (χ2v) is 5.92. The molecule has 0 saturated heterocycles. The third-order valence-electron chi connectivity index (χ3n) is 3.47. The Kier molecular flexibility index (Phi) is 13.2. The Balaban J connectivity index is 0.00000576. The maximum atomic E-state index is 11.9. The zero-order valence-electron chi connectivity index (χ0n) is 14.9. The first-order chi connectivity index (χ1) is 11.6. The average Bonchev–Trinajstić information content (AvgIpc) is 2.57. The number of nitrogens with zero attached hydrogens (tertiary/aromatic N) is 2. The quantitative estimate of drug-likeness (QED) is 0.184. The van der Waals surface area contributed by atoms with E-state index in [1.54, 1.807) is 31.3 Å². The molecule has 0 fully saturated rings. The fraction of sp³-hybridized carbons (Fsp3) is 0.444. The Bertz CT molecular complexity index is 549. The molecule has 0 aliphatic heterocycles. The number of carbonyl (C=O) groups excluding carboxylic acids is 1. The number of allylic oxidation sites excluding steroid dienone is 1. The van der Waals surface area contributed by atoms with Gasteiger partial charge in [0.2, 0.25) is 5.91 Å². The molecule has 140 valence electrons. The topological polar surface area (TPSA) is 56.7 Å². The summed E-state index contributed by atoms with van der Waals surface area (Å²) >= 11 is 5.82. The van der Waals surface area contributed by atoms with Crippen molar-refractivity contribution >= 4 is 53.1 Å². The number of aliphatic imine (C=N–C) groups is 1. The van der Waals surface area contributed by atoms with Crippen LogP contribution in [0.5, 0.6) is 0 Å². The Morgan fingerprint density at radius 1 is 1.32 bits per heavy atom. The summed E-state index contributed by atoms with van der Waals surface area (Å²) < 4.78 is 0. The largest absolute Gasteiger partial charge is 0.356 e. The zero-order chi connectivity index (χ0) is 17.8. The highest BCUT2D eigenvalue weighted by molar-refractivity contribution is 14.0. The maximum Gasteiger partial charge on any atom is 0.224 e. The third kappa shape index (κ3) is 10.3. The summed E-state index contributed by atoms with van der Waals surface area (Å²) in [5.41, 5.74) is 0.759. The van der Waals surface area contributed by atoms with Crippen molar-refractivity contribution in [3.63, 3.8) is 0 Å². The summed E-state index contributed by atoms with van der Waals surface area (Å²) in [6.45, 7) is 5.35. The summed E-state index contributed by atoms with van der Waals surface area (Å²) in [5, 5.41) is 6.78.